The molecule has 0 saturated heterocycles. The fourth-order valence-electron chi connectivity index (χ4n) is 8.44. The molecule has 3 nitrogen and oxygen atoms in total. The van der Waals surface area contributed by atoms with Gasteiger partial charge in [0.1, 0.15) is 5.58 Å². The van der Waals surface area contributed by atoms with Crippen LogP contribution in [0.1, 0.15) is 79.0 Å². The van der Waals surface area contributed by atoms with Crippen LogP contribution in [0.5, 0.6) is 0 Å². The van der Waals surface area contributed by atoms with E-state index < -0.39 is 0 Å². The van der Waals surface area contributed by atoms with Gasteiger partial charge in [-0.1, -0.05) is 92.6 Å². The number of hydrogen-bond acceptors (Lipinski definition) is 1. The molecule has 10 aromatic rings. The minimum atomic E-state index is -0.00124. The molecule has 232 valence electrons. The Morgan fingerprint density at radius 1 is 0.426 bits per heavy atom. The van der Waals surface area contributed by atoms with Crippen molar-refractivity contribution >= 4 is 87.4 Å². The Kier molecular flexibility index (Phi) is 4.77. The molecule has 5 aromatic heterocycles. The Hall–Kier alpha value is -4.76. The number of aromatic nitrogens is 2. The molecule has 0 unspecified atom stereocenters. The van der Waals surface area contributed by atoms with Crippen molar-refractivity contribution in [2.24, 2.45) is 0 Å². The molecular weight excluding hydrogens is 572 g/mol. The lowest BCUT2D eigenvalue weighted by Gasteiger charge is -2.20. The summed E-state index contributed by atoms with van der Waals surface area (Å²) in [6.07, 6.45) is 0. The number of benzene rings is 5. The Balaban J connectivity index is 1.50. The number of para-hydroxylation sites is 1. The number of furan rings is 1. The van der Waals surface area contributed by atoms with Gasteiger partial charge in [-0.2, -0.15) is 0 Å². The lowest BCUT2D eigenvalue weighted by molar-refractivity contribution is 0.590. The molecule has 47 heavy (non-hydrogen) atoms. The van der Waals surface area contributed by atoms with Gasteiger partial charge in [-0.05, 0) is 81.5 Å². The number of rotatable bonds is 0. The molecule has 5 heterocycles. The van der Waals surface area contributed by atoms with Crippen LogP contribution in [0.2, 0.25) is 0 Å². The third kappa shape index (κ3) is 3.32. The average molecular weight is 613 g/mol. The van der Waals surface area contributed by atoms with E-state index >= 15 is 0 Å². The van der Waals surface area contributed by atoms with Crippen molar-refractivity contribution in [3.05, 3.63) is 95.6 Å². The zero-order valence-electron chi connectivity index (χ0n) is 28.8. The van der Waals surface area contributed by atoms with E-state index in [0.29, 0.717) is 0 Å². The van der Waals surface area contributed by atoms with Crippen LogP contribution in [0.3, 0.4) is 0 Å². The summed E-state index contributed by atoms with van der Waals surface area (Å²) < 4.78 is 11.8. The number of nitrogens with zero attached hydrogens (tertiary/aromatic N) is 2. The quantitative estimate of drug-likeness (QED) is 0.167. The summed E-state index contributed by atoms with van der Waals surface area (Å²) in [5, 5.41) is 11.6. The van der Waals surface area contributed by atoms with Crippen LogP contribution in [0.25, 0.3) is 87.4 Å². The van der Waals surface area contributed by atoms with Crippen molar-refractivity contribution in [3.8, 4) is 0 Å². The third-order valence-corrected chi connectivity index (χ3v) is 11.0. The summed E-state index contributed by atoms with van der Waals surface area (Å²) in [5.74, 6) is 0. The summed E-state index contributed by atoms with van der Waals surface area (Å²) in [5.41, 5.74) is 12.4. The molecule has 0 amide bonds. The maximum atomic E-state index is 6.82. The summed E-state index contributed by atoms with van der Waals surface area (Å²) >= 11 is 0. The lowest BCUT2D eigenvalue weighted by atomic mass is 9.84. The van der Waals surface area contributed by atoms with E-state index in [0.717, 1.165) is 11.3 Å². The van der Waals surface area contributed by atoms with Crippen LogP contribution in [0.4, 0.5) is 0 Å². The highest BCUT2D eigenvalue weighted by molar-refractivity contribution is 6.35. The zero-order chi connectivity index (χ0) is 32.5. The molecule has 0 aliphatic heterocycles. The summed E-state index contributed by atoms with van der Waals surface area (Å²) in [7, 11) is 0. The standard InChI is InChI=1S/C44H40N2O/c1-42(2,3)23-14-16-33-28(18-23)30-20-25(44(7,8)9)22-32-37-34(45(33)38(30)32)17-15-26-29-19-24(43(4,5)6)21-31-36-27-12-10-11-13-35(27)47-41(36)46(39(29)31)40(26)37/h10-22H,1-9H3. The fourth-order valence-corrected chi connectivity index (χ4v) is 8.44. The molecule has 10 rings (SSSR count). The van der Waals surface area contributed by atoms with Gasteiger partial charge in [-0.3, -0.25) is 4.40 Å². The van der Waals surface area contributed by atoms with Crippen molar-refractivity contribution in [1.29, 1.82) is 0 Å². The monoisotopic (exact) mass is 612 g/mol. The Morgan fingerprint density at radius 3 is 1.66 bits per heavy atom. The maximum Gasteiger partial charge on any atom is 0.213 e. The molecule has 0 bridgehead atoms. The van der Waals surface area contributed by atoms with Crippen LogP contribution in [0.15, 0.2) is 83.3 Å². The highest BCUT2D eigenvalue weighted by atomic mass is 16.3. The second-order valence-corrected chi connectivity index (χ2v) is 17.1. The van der Waals surface area contributed by atoms with Gasteiger partial charge in [-0.15, -0.1) is 0 Å². The van der Waals surface area contributed by atoms with Gasteiger partial charge in [0.2, 0.25) is 5.71 Å². The molecule has 3 heteroatoms. The van der Waals surface area contributed by atoms with Crippen molar-refractivity contribution in [2.75, 3.05) is 0 Å². The predicted molar refractivity (Wildman–Crippen MR) is 202 cm³/mol. The first-order valence-corrected chi connectivity index (χ1v) is 17.0. The van der Waals surface area contributed by atoms with Crippen molar-refractivity contribution < 1.29 is 4.42 Å². The first-order chi connectivity index (χ1) is 22.2. The van der Waals surface area contributed by atoms with Crippen LogP contribution in [0, 0.1) is 0 Å². The third-order valence-electron chi connectivity index (χ3n) is 11.0. The largest absolute Gasteiger partial charge is 0.439 e. The molecular formula is C44H40N2O. The molecule has 0 aliphatic rings. The Labute approximate surface area is 274 Å². The van der Waals surface area contributed by atoms with Crippen molar-refractivity contribution in [2.45, 2.75) is 78.6 Å². The minimum absolute atomic E-state index is 0.00124. The second kappa shape index (κ2) is 8.20. The molecule has 0 saturated carbocycles. The highest BCUT2D eigenvalue weighted by Crippen LogP contribution is 2.50. The van der Waals surface area contributed by atoms with Gasteiger partial charge in [0.05, 0.1) is 33.0 Å². The number of hydrogen-bond donors (Lipinski definition) is 0. The van der Waals surface area contributed by atoms with Crippen molar-refractivity contribution in [3.63, 3.8) is 0 Å². The first kappa shape index (κ1) is 27.4. The molecule has 0 aliphatic carbocycles. The average Bonchev–Trinajstić information content (AvgIpc) is 3.78. The van der Waals surface area contributed by atoms with E-state index in [1.165, 1.54) is 92.7 Å². The SMILES string of the molecule is CC(C)(C)c1ccc2c(c1)c1cc(C(C)(C)C)cc3c4c(ccc5c6cc(C(C)(C)C)cc7c8c9ccccc9oc8n(c67)c54)n2c13. The van der Waals surface area contributed by atoms with E-state index in [2.05, 4.69) is 150 Å². The molecule has 0 N–H and O–H groups in total. The Morgan fingerprint density at radius 2 is 0.979 bits per heavy atom. The zero-order valence-corrected chi connectivity index (χ0v) is 28.8. The molecule has 0 atom stereocenters. The lowest BCUT2D eigenvalue weighted by Crippen LogP contribution is -2.11. The second-order valence-electron chi connectivity index (χ2n) is 17.1. The van der Waals surface area contributed by atoms with Crippen LogP contribution >= 0.6 is 0 Å². The highest BCUT2D eigenvalue weighted by Gasteiger charge is 2.29. The van der Waals surface area contributed by atoms with Crippen LogP contribution < -0.4 is 0 Å². The van der Waals surface area contributed by atoms with Crippen LogP contribution in [-0.4, -0.2) is 8.80 Å². The Bertz CT molecular complexity index is 2940. The van der Waals surface area contributed by atoms with E-state index in [4.69, 9.17) is 4.42 Å². The normalized spacial score (nSPS) is 14.1. The summed E-state index contributed by atoms with van der Waals surface area (Å²) in [6, 6.07) is 30.2. The fraction of sp³-hybridized carbons (Fsp3) is 0.273. The van der Waals surface area contributed by atoms with Gasteiger partial charge < -0.3 is 8.82 Å². The van der Waals surface area contributed by atoms with E-state index in [-0.39, 0.29) is 16.2 Å². The van der Waals surface area contributed by atoms with Crippen molar-refractivity contribution in [1.82, 2.24) is 8.80 Å². The first-order valence-electron chi connectivity index (χ1n) is 17.0. The van der Waals surface area contributed by atoms with E-state index in [9.17, 15) is 0 Å². The maximum absolute atomic E-state index is 6.82. The summed E-state index contributed by atoms with van der Waals surface area (Å²) in [6.45, 7) is 20.9. The predicted octanol–water partition coefficient (Wildman–Crippen LogP) is 12.6. The van der Waals surface area contributed by atoms with Gasteiger partial charge in [0.25, 0.3) is 0 Å². The van der Waals surface area contributed by atoms with Gasteiger partial charge in [0.15, 0.2) is 0 Å². The summed E-state index contributed by atoms with van der Waals surface area (Å²) in [4.78, 5) is 0. The molecule has 5 aromatic carbocycles. The molecule has 0 radical (unpaired) electrons. The topological polar surface area (TPSA) is 22.0 Å². The molecule has 0 spiro atoms. The van der Waals surface area contributed by atoms with E-state index in [1.54, 1.807) is 0 Å². The molecule has 0 fully saturated rings. The van der Waals surface area contributed by atoms with Crippen LogP contribution in [-0.2, 0) is 16.2 Å². The van der Waals surface area contributed by atoms with E-state index in [1.807, 2.05) is 0 Å². The van der Waals surface area contributed by atoms with Gasteiger partial charge >= 0.3 is 0 Å². The van der Waals surface area contributed by atoms with Gasteiger partial charge in [-0.25, -0.2) is 0 Å². The van der Waals surface area contributed by atoms with Gasteiger partial charge in [0, 0.05) is 43.1 Å². The number of fused-ring (bicyclic) bond motifs is 15. The smallest absolute Gasteiger partial charge is 0.213 e. The minimum Gasteiger partial charge on any atom is -0.439 e.